The van der Waals surface area contributed by atoms with Gasteiger partial charge in [0.25, 0.3) is 5.91 Å². The zero-order valence-corrected chi connectivity index (χ0v) is 10.7. The first kappa shape index (κ1) is 12.6. The van der Waals surface area contributed by atoms with Crippen molar-refractivity contribution in [3.8, 4) is 0 Å². The summed E-state index contributed by atoms with van der Waals surface area (Å²) in [6, 6.07) is 6.85. The molecule has 0 spiro atoms. The number of imide groups is 1. The Labute approximate surface area is 109 Å². The number of rotatable bonds is 3. The fraction of sp³-hybridized carbons (Fsp3) is 0.250. The first-order valence-electron chi connectivity index (χ1n) is 5.45. The van der Waals surface area contributed by atoms with Crippen molar-refractivity contribution in [1.82, 2.24) is 10.6 Å². The SMILES string of the molecule is CSc1ccc(C=NC2CNC(=O)NC2=O)cc1. The summed E-state index contributed by atoms with van der Waals surface area (Å²) in [4.78, 5) is 27.6. The minimum atomic E-state index is -0.553. The van der Waals surface area contributed by atoms with E-state index in [-0.39, 0.29) is 12.5 Å². The highest BCUT2D eigenvalue weighted by molar-refractivity contribution is 7.98. The maximum absolute atomic E-state index is 11.4. The summed E-state index contributed by atoms with van der Waals surface area (Å²) in [6.07, 6.45) is 3.66. The number of carbonyl (C=O) groups excluding carboxylic acids is 2. The number of hydrogen-bond donors (Lipinski definition) is 2. The lowest BCUT2D eigenvalue weighted by Crippen LogP contribution is -2.54. The predicted octanol–water partition coefficient (Wildman–Crippen LogP) is 1.04. The van der Waals surface area contributed by atoms with Crippen LogP contribution in [0.2, 0.25) is 0 Å². The normalized spacial score (nSPS) is 19.7. The van der Waals surface area contributed by atoms with Crippen LogP contribution in [0.15, 0.2) is 34.2 Å². The van der Waals surface area contributed by atoms with Gasteiger partial charge in [0.05, 0.1) is 6.54 Å². The lowest BCUT2D eigenvalue weighted by molar-refractivity contribution is -0.121. The molecule has 1 unspecified atom stereocenters. The first-order valence-corrected chi connectivity index (χ1v) is 6.67. The second-order valence-corrected chi connectivity index (χ2v) is 4.65. The molecule has 1 aromatic rings. The van der Waals surface area contributed by atoms with Gasteiger partial charge in [0.15, 0.2) is 0 Å². The maximum Gasteiger partial charge on any atom is 0.321 e. The Bertz CT molecular complexity index is 485. The monoisotopic (exact) mass is 263 g/mol. The first-order chi connectivity index (χ1) is 8.69. The Morgan fingerprint density at radius 3 is 2.67 bits per heavy atom. The molecule has 1 fully saturated rings. The molecular weight excluding hydrogens is 250 g/mol. The molecule has 6 heteroatoms. The zero-order valence-electron chi connectivity index (χ0n) is 9.84. The van der Waals surface area contributed by atoms with Crippen molar-refractivity contribution in [2.75, 3.05) is 12.8 Å². The van der Waals surface area contributed by atoms with Crippen LogP contribution in [0.1, 0.15) is 5.56 Å². The van der Waals surface area contributed by atoms with Crippen LogP contribution >= 0.6 is 11.8 Å². The molecular formula is C12H13N3O2S. The topological polar surface area (TPSA) is 70.6 Å². The summed E-state index contributed by atoms with van der Waals surface area (Å²) >= 11 is 1.67. The third kappa shape index (κ3) is 3.10. The van der Waals surface area contributed by atoms with Crippen LogP contribution in [0.5, 0.6) is 0 Å². The second-order valence-electron chi connectivity index (χ2n) is 3.77. The van der Waals surface area contributed by atoms with E-state index in [2.05, 4.69) is 15.6 Å². The van der Waals surface area contributed by atoms with E-state index >= 15 is 0 Å². The molecule has 1 saturated heterocycles. The van der Waals surface area contributed by atoms with Crippen LogP contribution in [0.25, 0.3) is 0 Å². The second kappa shape index (κ2) is 5.68. The molecule has 94 valence electrons. The van der Waals surface area contributed by atoms with Gasteiger partial charge in [0.2, 0.25) is 0 Å². The van der Waals surface area contributed by atoms with Gasteiger partial charge in [-0.1, -0.05) is 12.1 Å². The summed E-state index contributed by atoms with van der Waals surface area (Å²) in [5, 5.41) is 4.71. The van der Waals surface area contributed by atoms with Crippen LogP contribution in [0, 0.1) is 0 Å². The molecule has 1 aromatic carbocycles. The molecule has 3 amide bonds. The highest BCUT2D eigenvalue weighted by atomic mass is 32.2. The van der Waals surface area contributed by atoms with Crippen molar-refractivity contribution in [3.05, 3.63) is 29.8 Å². The summed E-state index contributed by atoms with van der Waals surface area (Å²) in [5.41, 5.74) is 0.928. The minimum absolute atomic E-state index is 0.240. The molecule has 0 aliphatic carbocycles. The Balaban J connectivity index is 2.01. The Kier molecular flexibility index (Phi) is 3.99. The molecule has 0 bridgehead atoms. The lowest BCUT2D eigenvalue weighted by atomic mass is 10.2. The Morgan fingerprint density at radius 2 is 2.06 bits per heavy atom. The average molecular weight is 263 g/mol. The van der Waals surface area contributed by atoms with Gasteiger partial charge in [-0.15, -0.1) is 11.8 Å². The number of hydrogen-bond acceptors (Lipinski definition) is 4. The van der Waals surface area contributed by atoms with Crippen molar-refractivity contribution in [2.24, 2.45) is 4.99 Å². The number of thioether (sulfide) groups is 1. The van der Waals surface area contributed by atoms with Crippen molar-refractivity contribution in [2.45, 2.75) is 10.9 Å². The van der Waals surface area contributed by atoms with Gasteiger partial charge in [-0.3, -0.25) is 15.1 Å². The zero-order chi connectivity index (χ0) is 13.0. The van der Waals surface area contributed by atoms with Gasteiger partial charge in [-0.2, -0.15) is 0 Å². The Hall–Kier alpha value is -1.82. The highest BCUT2D eigenvalue weighted by Gasteiger charge is 2.24. The highest BCUT2D eigenvalue weighted by Crippen LogP contribution is 2.14. The van der Waals surface area contributed by atoms with Gasteiger partial charge in [0.1, 0.15) is 6.04 Å². The van der Waals surface area contributed by atoms with E-state index in [4.69, 9.17) is 0 Å². The number of benzene rings is 1. The predicted molar refractivity (Wildman–Crippen MR) is 71.1 cm³/mol. The number of nitrogens with one attached hydrogen (secondary N) is 2. The van der Waals surface area contributed by atoms with Gasteiger partial charge in [-0.05, 0) is 24.0 Å². The summed E-state index contributed by atoms with van der Waals surface area (Å²) in [7, 11) is 0. The van der Waals surface area contributed by atoms with E-state index in [1.165, 1.54) is 4.90 Å². The number of carbonyl (C=O) groups is 2. The van der Waals surface area contributed by atoms with E-state index in [1.54, 1.807) is 18.0 Å². The summed E-state index contributed by atoms with van der Waals surface area (Å²) < 4.78 is 0. The van der Waals surface area contributed by atoms with Crippen LogP contribution in [0.3, 0.4) is 0 Å². The molecule has 5 nitrogen and oxygen atoms in total. The fourth-order valence-electron chi connectivity index (χ4n) is 1.51. The molecule has 2 N–H and O–H groups in total. The van der Waals surface area contributed by atoms with Gasteiger partial charge >= 0.3 is 6.03 Å². The lowest BCUT2D eigenvalue weighted by Gasteiger charge is -2.18. The van der Waals surface area contributed by atoms with Gasteiger partial charge in [0, 0.05) is 11.1 Å². The van der Waals surface area contributed by atoms with E-state index in [0.29, 0.717) is 0 Å². The smallest absolute Gasteiger partial charge is 0.321 e. The molecule has 0 radical (unpaired) electrons. The van der Waals surface area contributed by atoms with Crippen molar-refractivity contribution >= 4 is 29.9 Å². The minimum Gasteiger partial charge on any atom is -0.335 e. The van der Waals surface area contributed by atoms with E-state index in [0.717, 1.165) is 5.56 Å². The summed E-state index contributed by atoms with van der Waals surface area (Å²) in [5.74, 6) is -0.365. The molecule has 1 aliphatic heterocycles. The van der Waals surface area contributed by atoms with Crippen LogP contribution in [0.4, 0.5) is 4.79 Å². The largest absolute Gasteiger partial charge is 0.335 e. The molecule has 1 atom stereocenters. The van der Waals surface area contributed by atoms with Crippen molar-refractivity contribution in [1.29, 1.82) is 0 Å². The maximum atomic E-state index is 11.4. The van der Waals surface area contributed by atoms with Crippen LogP contribution in [-0.2, 0) is 4.79 Å². The fourth-order valence-corrected chi connectivity index (χ4v) is 1.92. The molecule has 2 rings (SSSR count). The third-order valence-corrected chi connectivity index (χ3v) is 3.26. The van der Waals surface area contributed by atoms with Crippen LogP contribution in [-0.4, -0.2) is 37.0 Å². The molecule has 18 heavy (non-hydrogen) atoms. The molecule has 0 saturated carbocycles. The van der Waals surface area contributed by atoms with E-state index in [9.17, 15) is 9.59 Å². The Morgan fingerprint density at radius 1 is 1.33 bits per heavy atom. The average Bonchev–Trinajstić information content (AvgIpc) is 2.38. The molecule has 1 aliphatic rings. The van der Waals surface area contributed by atoms with E-state index < -0.39 is 12.1 Å². The summed E-state index contributed by atoms with van der Waals surface area (Å²) in [6.45, 7) is 0.240. The van der Waals surface area contributed by atoms with Crippen LogP contribution < -0.4 is 10.6 Å². The number of aliphatic imine (C=N–C) groups is 1. The third-order valence-electron chi connectivity index (χ3n) is 2.51. The molecule has 1 heterocycles. The number of urea groups is 1. The van der Waals surface area contributed by atoms with Gasteiger partial charge < -0.3 is 5.32 Å². The van der Waals surface area contributed by atoms with E-state index in [1.807, 2.05) is 30.5 Å². The standard InChI is InChI=1S/C12H13N3O2S/c1-18-9-4-2-8(3-5-9)6-13-10-7-14-12(17)15-11(10)16/h2-6,10H,7H2,1H3,(H2,14,15,16,17). The van der Waals surface area contributed by atoms with Crippen molar-refractivity contribution in [3.63, 3.8) is 0 Å². The van der Waals surface area contributed by atoms with Crippen molar-refractivity contribution < 1.29 is 9.59 Å². The number of amides is 3. The number of nitrogens with zero attached hydrogens (tertiary/aromatic N) is 1. The molecule has 0 aromatic heterocycles. The quantitative estimate of drug-likeness (QED) is 0.632. The van der Waals surface area contributed by atoms with Gasteiger partial charge in [-0.25, -0.2) is 4.79 Å².